The Balaban J connectivity index is 1.71. The van der Waals surface area contributed by atoms with Gasteiger partial charge in [-0.1, -0.05) is 129 Å². The van der Waals surface area contributed by atoms with Gasteiger partial charge < -0.3 is 0 Å². The molecular formula is C30H34BrP. The molecule has 2 aliphatic carbocycles. The fraction of sp³-hybridized carbons (Fsp3) is 0.400. The quantitative estimate of drug-likeness (QED) is 0.303. The molecule has 0 heterocycles. The van der Waals surface area contributed by atoms with Crippen molar-refractivity contribution in [3.63, 3.8) is 0 Å². The lowest BCUT2D eigenvalue weighted by Gasteiger charge is -2.40. The minimum absolute atomic E-state index is 0.176. The molecule has 0 bridgehead atoms. The van der Waals surface area contributed by atoms with E-state index in [4.69, 9.17) is 0 Å². The SMILES string of the molecule is Brc1ccccc1-c1c(-c2ccccc2)cccc1P(C1CCCCC1)C1CCCCC1. The van der Waals surface area contributed by atoms with Gasteiger partial charge in [0.1, 0.15) is 0 Å². The van der Waals surface area contributed by atoms with Crippen molar-refractivity contribution in [2.75, 3.05) is 0 Å². The van der Waals surface area contributed by atoms with Crippen LogP contribution in [0.5, 0.6) is 0 Å². The number of hydrogen-bond donors (Lipinski definition) is 0. The zero-order chi connectivity index (χ0) is 21.8. The molecule has 0 amide bonds. The summed E-state index contributed by atoms with van der Waals surface area (Å²) in [6.45, 7) is 0. The van der Waals surface area contributed by atoms with Gasteiger partial charge in [-0.2, -0.15) is 0 Å². The molecular weight excluding hydrogens is 471 g/mol. The molecule has 0 unspecified atom stereocenters. The minimum atomic E-state index is -0.176. The molecule has 0 aromatic heterocycles. The zero-order valence-electron chi connectivity index (χ0n) is 19.0. The summed E-state index contributed by atoms with van der Waals surface area (Å²) < 4.78 is 1.21. The first kappa shape index (κ1) is 22.4. The standard InChI is InChI=1S/C30H34BrP/c31-28-21-11-10-19-27(28)30-26(23-13-4-1-5-14-23)20-12-22-29(30)32(24-15-6-2-7-16-24)25-17-8-3-9-18-25/h1,4-5,10-14,19-22,24-25H,2-3,6-9,15-18H2. The van der Waals surface area contributed by atoms with Crippen LogP contribution >= 0.6 is 23.9 Å². The highest BCUT2D eigenvalue weighted by Crippen LogP contribution is 2.57. The fourth-order valence-corrected chi connectivity index (χ4v) is 10.4. The number of halogens is 1. The zero-order valence-corrected chi connectivity index (χ0v) is 21.5. The highest BCUT2D eigenvalue weighted by Gasteiger charge is 2.34. The molecule has 0 atom stereocenters. The van der Waals surface area contributed by atoms with Crippen LogP contribution in [0.3, 0.4) is 0 Å². The summed E-state index contributed by atoms with van der Waals surface area (Å²) in [5.41, 5.74) is 7.38. The van der Waals surface area contributed by atoms with Gasteiger partial charge in [0.05, 0.1) is 0 Å². The largest absolute Gasteiger partial charge is 0.0683 e. The van der Waals surface area contributed by atoms with E-state index in [1.165, 1.54) is 90.9 Å². The maximum absolute atomic E-state index is 3.92. The van der Waals surface area contributed by atoms with E-state index in [0.29, 0.717) is 0 Å². The molecule has 3 aromatic carbocycles. The van der Waals surface area contributed by atoms with E-state index in [1.807, 2.05) is 0 Å². The highest BCUT2D eigenvalue weighted by molar-refractivity contribution is 9.10. The second-order valence-electron chi connectivity index (χ2n) is 9.54. The summed E-state index contributed by atoms with van der Waals surface area (Å²) in [5.74, 6) is 0. The Bertz CT molecular complexity index is 998. The predicted octanol–water partition coefficient (Wildman–Crippen LogP) is 9.56. The van der Waals surface area contributed by atoms with Gasteiger partial charge in [0.15, 0.2) is 0 Å². The first-order valence-corrected chi connectivity index (χ1v) is 14.8. The topological polar surface area (TPSA) is 0 Å². The van der Waals surface area contributed by atoms with Crippen LogP contribution in [0.25, 0.3) is 22.3 Å². The van der Waals surface area contributed by atoms with Crippen LogP contribution in [-0.4, -0.2) is 11.3 Å². The van der Waals surface area contributed by atoms with Crippen molar-refractivity contribution in [2.45, 2.75) is 75.5 Å². The second-order valence-corrected chi connectivity index (χ2v) is 13.1. The van der Waals surface area contributed by atoms with Crippen LogP contribution < -0.4 is 5.30 Å². The molecule has 2 fully saturated rings. The van der Waals surface area contributed by atoms with Crippen molar-refractivity contribution in [3.8, 4) is 22.3 Å². The average molecular weight is 505 g/mol. The molecule has 2 saturated carbocycles. The van der Waals surface area contributed by atoms with E-state index < -0.39 is 0 Å². The van der Waals surface area contributed by atoms with Crippen LogP contribution in [-0.2, 0) is 0 Å². The van der Waals surface area contributed by atoms with Crippen molar-refractivity contribution in [3.05, 3.63) is 77.3 Å². The molecule has 0 aliphatic heterocycles. The minimum Gasteiger partial charge on any atom is -0.0683 e. The lowest BCUT2D eigenvalue weighted by molar-refractivity contribution is 0.487. The average Bonchev–Trinajstić information content (AvgIpc) is 2.86. The Morgan fingerprint density at radius 1 is 0.562 bits per heavy atom. The molecule has 0 nitrogen and oxygen atoms in total. The number of rotatable bonds is 5. The third-order valence-electron chi connectivity index (χ3n) is 7.48. The maximum Gasteiger partial charge on any atom is 0.0254 e. The smallest absolute Gasteiger partial charge is 0.0254 e. The summed E-state index contributed by atoms with van der Waals surface area (Å²) in [7, 11) is -0.176. The first-order chi connectivity index (χ1) is 15.8. The molecule has 0 saturated heterocycles. The molecule has 2 heteroatoms. The maximum atomic E-state index is 3.92. The Labute approximate surface area is 203 Å². The Morgan fingerprint density at radius 3 is 1.75 bits per heavy atom. The monoisotopic (exact) mass is 504 g/mol. The molecule has 32 heavy (non-hydrogen) atoms. The van der Waals surface area contributed by atoms with Crippen LogP contribution in [0, 0.1) is 0 Å². The number of benzene rings is 3. The molecule has 0 N–H and O–H groups in total. The van der Waals surface area contributed by atoms with E-state index >= 15 is 0 Å². The lowest BCUT2D eigenvalue weighted by atomic mass is 9.94. The van der Waals surface area contributed by atoms with E-state index in [9.17, 15) is 0 Å². The summed E-state index contributed by atoms with van der Waals surface area (Å²) >= 11 is 3.92. The predicted molar refractivity (Wildman–Crippen MR) is 145 cm³/mol. The van der Waals surface area contributed by atoms with Gasteiger partial charge in [-0.3, -0.25) is 0 Å². The van der Waals surface area contributed by atoms with E-state index in [0.717, 1.165) is 11.3 Å². The van der Waals surface area contributed by atoms with Crippen LogP contribution in [0.15, 0.2) is 77.3 Å². The van der Waals surface area contributed by atoms with E-state index in [1.54, 1.807) is 5.30 Å². The molecule has 0 spiro atoms. The third kappa shape index (κ3) is 4.76. The second kappa shape index (κ2) is 10.7. The van der Waals surface area contributed by atoms with Crippen LogP contribution in [0.1, 0.15) is 64.2 Å². The first-order valence-electron chi connectivity index (χ1n) is 12.5. The van der Waals surface area contributed by atoms with Crippen molar-refractivity contribution in [2.24, 2.45) is 0 Å². The Kier molecular flexibility index (Phi) is 7.46. The lowest BCUT2D eigenvalue weighted by Crippen LogP contribution is -2.27. The van der Waals surface area contributed by atoms with E-state index in [-0.39, 0.29) is 7.92 Å². The van der Waals surface area contributed by atoms with Gasteiger partial charge in [0.2, 0.25) is 0 Å². The van der Waals surface area contributed by atoms with Gasteiger partial charge >= 0.3 is 0 Å². The van der Waals surface area contributed by atoms with Crippen molar-refractivity contribution in [1.29, 1.82) is 0 Å². The fourth-order valence-electron chi connectivity index (χ4n) is 5.97. The summed E-state index contributed by atoms with van der Waals surface area (Å²) in [4.78, 5) is 0. The van der Waals surface area contributed by atoms with Gasteiger partial charge in [-0.05, 0) is 70.6 Å². The summed E-state index contributed by atoms with van der Waals surface area (Å²) in [5, 5.41) is 1.67. The molecule has 2 aliphatic rings. The summed E-state index contributed by atoms with van der Waals surface area (Å²) in [6.07, 6.45) is 14.3. The number of hydrogen-bond acceptors (Lipinski definition) is 0. The van der Waals surface area contributed by atoms with Crippen LogP contribution in [0.4, 0.5) is 0 Å². The molecule has 0 radical (unpaired) electrons. The Morgan fingerprint density at radius 2 is 1.12 bits per heavy atom. The Hall–Kier alpha value is -1.43. The van der Waals surface area contributed by atoms with Gasteiger partial charge in [0, 0.05) is 4.47 Å². The molecule has 5 rings (SSSR count). The van der Waals surface area contributed by atoms with Crippen molar-refractivity contribution >= 4 is 29.2 Å². The third-order valence-corrected chi connectivity index (χ3v) is 11.7. The van der Waals surface area contributed by atoms with Gasteiger partial charge in [-0.25, -0.2) is 0 Å². The molecule has 3 aromatic rings. The van der Waals surface area contributed by atoms with Gasteiger partial charge in [0.25, 0.3) is 0 Å². The normalized spacial score (nSPS) is 18.2. The highest BCUT2D eigenvalue weighted by atomic mass is 79.9. The van der Waals surface area contributed by atoms with Crippen LogP contribution in [0.2, 0.25) is 0 Å². The van der Waals surface area contributed by atoms with Crippen molar-refractivity contribution < 1.29 is 0 Å². The molecule has 166 valence electrons. The van der Waals surface area contributed by atoms with Crippen molar-refractivity contribution in [1.82, 2.24) is 0 Å². The van der Waals surface area contributed by atoms with E-state index in [2.05, 4.69) is 88.7 Å². The van der Waals surface area contributed by atoms with Gasteiger partial charge in [-0.15, -0.1) is 0 Å². The summed E-state index contributed by atoms with van der Waals surface area (Å²) in [6, 6.07) is 27.1.